The summed E-state index contributed by atoms with van der Waals surface area (Å²) in [5.41, 5.74) is 2.05. The van der Waals surface area contributed by atoms with Gasteiger partial charge in [-0.05, 0) is 66.5 Å². The zero-order chi connectivity index (χ0) is 26.2. The molecule has 7 heteroatoms. The lowest BCUT2D eigenvalue weighted by Crippen LogP contribution is -2.47. The molecule has 0 unspecified atom stereocenters. The van der Waals surface area contributed by atoms with Gasteiger partial charge in [-0.2, -0.15) is 0 Å². The Hall–Kier alpha value is -2.93. The standard InChI is InChI=1S/C30H38FN3O2S/c1-23(2)16-18-33(30(36)28-11-7-19-37-28)22-29(35)34(26-8-4-3-5-9-26)21-27-10-6-17-32(27)20-24-12-14-25(31)15-13-24/h6-7,10-15,17,19,23,26H,3-5,8-9,16,18,20-22H2,1-2H3. The second-order valence-electron chi connectivity index (χ2n) is 10.5. The zero-order valence-corrected chi connectivity index (χ0v) is 22.8. The highest BCUT2D eigenvalue weighted by Gasteiger charge is 2.29. The summed E-state index contributed by atoms with van der Waals surface area (Å²) in [6.07, 6.45) is 8.31. The molecular weight excluding hydrogens is 485 g/mol. The van der Waals surface area contributed by atoms with Gasteiger partial charge in [0.1, 0.15) is 12.4 Å². The van der Waals surface area contributed by atoms with E-state index in [0.29, 0.717) is 30.4 Å². The van der Waals surface area contributed by atoms with E-state index in [1.165, 1.54) is 29.9 Å². The predicted octanol–water partition coefficient (Wildman–Crippen LogP) is 6.59. The van der Waals surface area contributed by atoms with Gasteiger partial charge in [0.05, 0.1) is 11.4 Å². The summed E-state index contributed by atoms with van der Waals surface area (Å²) in [6.45, 7) is 6.06. The third-order valence-corrected chi connectivity index (χ3v) is 8.04. The van der Waals surface area contributed by atoms with E-state index in [9.17, 15) is 14.0 Å². The summed E-state index contributed by atoms with van der Waals surface area (Å²) >= 11 is 1.42. The fourth-order valence-electron chi connectivity index (χ4n) is 5.00. The van der Waals surface area contributed by atoms with Gasteiger partial charge in [0, 0.05) is 31.0 Å². The van der Waals surface area contributed by atoms with Crippen molar-refractivity contribution in [3.8, 4) is 0 Å². The van der Waals surface area contributed by atoms with Gasteiger partial charge in [0.2, 0.25) is 5.91 Å². The SMILES string of the molecule is CC(C)CCN(CC(=O)N(Cc1cccn1Cc1ccc(F)cc1)C1CCCCC1)C(=O)c1cccs1. The molecule has 1 aliphatic rings. The van der Waals surface area contributed by atoms with E-state index in [1.54, 1.807) is 17.0 Å². The largest absolute Gasteiger partial charge is 0.345 e. The molecule has 4 rings (SSSR count). The summed E-state index contributed by atoms with van der Waals surface area (Å²) in [5.74, 6) is 0.143. The first-order chi connectivity index (χ1) is 17.9. The number of rotatable bonds is 11. The topological polar surface area (TPSA) is 45.6 Å². The van der Waals surface area contributed by atoms with E-state index in [4.69, 9.17) is 0 Å². The minimum Gasteiger partial charge on any atom is -0.345 e. The Labute approximate surface area is 223 Å². The second-order valence-corrected chi connectivity index (χ2v) is 11.4. The molecule has 0 N–H and O–H groups in total. The van der Waals surface area contributed by atoms with Crippen molar-refractivity contribution >= 4 is 23.2 Å². The van der Waals surface area contributed by atoms with E-state index in [1.807, 2.05) is 34.7 Å². The molecule has 0 radical (unpaired) electrons. The lowest BCUT2D eigenvalue weighted by atomic mass is 9.94. The van der Waals surface area contributed by atoms with E-state index >= 15 is 0 Å². The molecule has 0 bridgehead atoms. The van der Waals surface area contributed by atoms with Crippen LogP contribution in [0, 0.1) is 11.7 Å². The van der Waals surface area contributed by atoms with Crippen LogP contribution in [0.3, 0.4) is 0 Å². The van der Waals surface area contributed by atoms with Crippen molar-refractivity contribution in [1.29, 1.82) is 0 Å². The Bertz CT molecular complexity index is 1130. The number of benzene rings is 1. The second kappa shape index (κ2) is 13.0. The van der Waals surface area contributed by atoms with Crippen LogP contribution < -0.4 is 0 Å². The number of carbonyl (C=O) groups is 2. The Kier molecular flexibility index (Phi) is 9.56. The third kappa shape index (κ3) is 7.54. The molecule has 37 heavy (non-hydrogen) atoms. The number of thiophene rings is 1. The van der Waals surface area contributed by atoms with Crippen molar-refractivity contribution in [3.05, 3.63) is 82.1 Å². The van der Waals surface area contributed by atoms with Crippen molar-refractivity contribution in [2.45, 2.75) is 71.5 Å². The van der Waals surface area contributed by atoms with E-state index in [2.05, 4.69) is 24.5 Å². The number of amides is 2. The molecule has 2 heterocycles. The Morgan fingerprint density at radius 3 is 2.49 bits per heavy atom. The van der Waals surface area contributed by atoms with Gasteiger partial charge in [-0.15, -0.1) is 11.3 Å². The van der Waals surface area contributed by atoms with Crippen LogP contribution in [0.1, 0.15) is 73.3 Å². The maximum atomic E-state index is 13.9. The average molecular weight is 524 g/mol. The van der Waals surface area contributed by atoms with Crippen molar-refractivity contribution in [1.82, 2.24) is 14.4 Å². The van der Waals surface area contributed by atoms with E-state index in [-0.39, 0.29) is 30.2 Å². The monoisotopic (exact) mass is 523 g/mol. The average Bonchev–Trinajstić information content (AvgIpc) is 3.59. The molecule has 0 spiro atoms. The summed E-state index contributed by atoms with van der Waals surface area (Å²) in [5, 5.41) is 1.90. The van der Waals surface area contributed by atoms with E-state index < -0.39 is 0 Å². The molecule has 0 atom stereocenters. The van der Waals surface area contributed by atoms with Gasteiger partial charge in [-0.25, -0.2) is 4.39 Å². The van der Waals surface area contributed by atoms with Crippen LogP contribution in [0.2, 0.25) is 0 Å². The number of hydrogen-bond acceptors (Lipinski definition) is 3. The van der Waals surface area contributed by atoms with Crippen molar-refractivity contribution in [2.75, 3.05) is 13.1 Å². The molecular formula is C30H38FN3O2S. The lowest BCUT2D eigenvalue weighted by molar-refractivity contribution is -0.135. The van der Waals surface area contributed by atoms with Crippen LogP contribution in [0.15, 0.2) is 60.1 Å². The number of aromatic nitrogens is 1. The molecule has 1 fully saturated rings. The molecule has 0 aliphatic heterocycles. The molecule has 1 saturated carbocycles. The predicted molar refractivity (Wildman–Crippen MR) is 147 cm³/mol. The molecule has 2 amide bonds. The number of hydrogen-bond donors (Lipinski definition) is 0. The molecule has 1 aromatic carbocycles. The first kappa shape index (κ1) is 27.1. The fourth-order valence-corrected chi connectivity index (χ4v) is 5.69. The maximum Gasteiger partial charge on any atom is 0.264 e. The molecule has 2 aromatic heterocycles. The first-order valence-corrected chi connectivity index (χ1v) is 14.3. The number of halogens is 1. The van der Waals surface area contributed by atoms with Crippen molar-refractivity contribution in [3.63, 3.8) is 0 Å². The summed E-state index contributed by atoms with van der Waals surface area (Å²) in [6, 6.07) is 14.5. The zero-order valence-electron chi connectivity index (χ0n) is 21.9. The third-order valence-electron chi connectivity index (χ3n) is 7.18. The van der Waals surface area contributed by atoms with Crippen LogP contribution in [0.5, 0.6) is 0 Å². The van der Waals surface area contributed by atoms with Crippen LogP contribution in [0.4, 0.5) is 4.39 Å². The molecule has 3 aromatic rings. The minimum absolute atomic E-state index is 0.00935. The van der Waals surface area contributed by atoms with Crippen LogP contribution in [0.25, 0.3) is 0 Å². The van der Waals surface area contributed by atoms with Crippen molar-refractivity contribution in [2.24, 2.45) is 5.92 Å². The summed E-state index contributed by atoms with van der Waals surface area (Å²) in [4.78, 5) is 31.6. The van der Waals surface area contributed by atoms with Crippen molar-refractivity contribution < 1.29 is 14.0 Å². The number of nitrogens with zero attached hydrogens (tertiary/aromatic N) is 3. The smallest absolute Gasteiger partial charge is 0.264 e. The van der Waals surface area contributed by atoms with E-state index in [0.717, 1.165) is 43.4 Å². The fraction of sp³-hybridized carbons (Fsp3) is 0.467. The summed E-state index contributed by atoms with van der Waals surface area (Å²) < 4.78 is 15.5. The minimum atomic E-state index is -0.246. The van der Waals surface area contributed by atoms with Crippen LogP contribution >= 0.6 is 11.3 Å². The van der Waals surface area contributed by atoms with Gasteiger partial charge < -0.3 is 14.4 Å². The Morgan fingerprint density at radius 1 is 1.05 bits per heavy atom. The Morgan fingerprint density at radius 2 is 1.81 bits per heavy atom. The van der Waals surface area contributed by atoms with Gasteiger partial charge in [-0.1, -0.05) is 51.3 Å². The molecule has 5 nitrogen and oxygen atoms in total. The van der Waals surface area contributed by atoms with Gasteiger partial charge in [-0.3, -0.25) is 9.59 Å². The number of carbonyl (C=O) groups excluding carboxylic acids is 2. The van der Waals surface area contributed by atoms with Gasteiger partial charge in [0.25, 0.3) is 5.91 Å². The lowest BCUT2D eigenvalue weighted by Gasteiger charge is -2.36. The normalized spacial score (nSPS) is 14.2. The maximum absolute atomic E-state index is 13.9. The quantitative estimate of drug-likeness (QED) is 0.285. The highest BCUT2D eigenvalue weighted by molar-refractivity contribution is 7.12. The van der Waals surface area contributed by atoms with Gasteiger partial charge in [0.15, 0.2) is 0 Å². The molecule has 198 valence electrons. The highest BCUT2D eigenvalue weighted by atomic mass is 32.1. The first-order valence-electron chi connectivity index (χ1n) is 13.4. The summed E-state index contributed by atoms with van der Waals surface area (Å²) in [7, 11) is 0. The Balaban J connectivity index is 1.53. The van der Waals surface area contributed by atoms with Crippen LogP contribution in [-0.4, -0.2) is 45.3 Å². The highest BCUT2D eigenvalue weighted by Crippen LogP contribution is 2.25. The van der Waals surface area contributed by atoms with Gasteiger partial charge >= 0.3 is 0 Å². The molecule has 0 saturated heterocycles. The molecule has 1 aliphatic carbocycles. The van der Waals surface area contributed by atoms with Crippen LogP contribution in [-0.2, 0) is 17.9 Å².